The van der Waals surface area contributed by atoms with Crippen LogP contribution in [0, 0.1) is 29.4 Å². The molecule has 29 heavy (non-hydrogen) atoms. The molecule has 1 amide bonds. The highest BCUT2D eigenvalue weighted by Gasteiger charge is 2.45. The standard InChI is InChI=1S/C22H31F2N3O2/c1-12(2)22(28)26-16-5-13-9-27(10-14(13)6-16)17-8-20(25)21(29-11-17)18-7-15(23)3-4-19(18)24/h3-4,7,12-14,16-17,20-21H,5-6,8-11,25H2,1-2H3,(H,26,28)/t13?,14?,16?,17-,20+,21-/m1/s1. The van der Waals surface area contributed by atoms with Crippen LogP contribution >= 0.6 is 0 Å². The van der Waals surface area contributed by atoms with Gasteiger partial charge in [-0.25, -0.2) is 8.78 Å². The number of halogens is 2. The molecule has 0 aromatic heterocycles. The number of carbonyl (C=O) groups excluding carboxylic acids is 1. The van der Waals surface area contributed by atoms with Crippen LogP contribution in [0.4, 0.5) is 8.78 Å². The number of nitrogens with zero attached hydrogens (tertiary/aromatic N) is 1. The second kappa shape index (κ2) is 8.28. The molecule has 2 heterocycles. The molecule has 1 saturated carbocycles. The van der Waals surface area contributed by atoms with Crippen molar-refractivity contribution in [1.29, 1.82) is 0 Å². The number of fused-ring (bicyclic) bond motifs is 1. The predicted molar refractivity (Wildman–Crippen MR) is 106 cm³/mol. The highest BCUT2D eigenvalue weighted by Crippen LogP contribution is 2.41. The third-order valence-electron chi connectivity index (χ3n) is 6.83. The quantitative estimate of drug-likeness (QED) is 0.805. The van der Waals surface area contributed by atoms with Crippen LogP contribution in [-0.4, -0.2) is 48.6 Å². The molecule has 0 spiro atoms. The summed E-state index contributed by atoms with van der Waals surface area (Å²) in [6.07, 6.45) is 2.14. The van der Waals surface area contributed by atoms with Crippen molar-refractivity contribution in [2.45, 2.75) is 57.3 Å². The number of rotatable bonds is 4. The summed E-state index contributed by atoms with van der Waals surface area (Å²) in [7, 11) is 0. The van der Waals surface area contributed by atoms with Gasteiger partial charge in [-0.15, -0.1) is 0 Å². The van der Waals surface area contributed by atoms with Gasteiger partial charge in [-0.2, -0.15) is 0 Å². The number of nitrogens with two attached hydrogens (primary N) is 1. The molecule has 160 valence electrons. The summed E-state index contributed by atoms with van der Waals surface area (Å²) >= 11 is 0. The minimum Gasteiger partial charge on any atom is -0.370 e. The van der Waals surface area contributed by atoms with E-state index in [0.29, 0.717) is 24.9 Å². The van der Waals surface area contributed by atoms with E-state index < -0.39 is 17.7 Å². The highest BCUT2D eigenvalue weighted by molar-refractivity contribution is 5.78. The van der Waals surface area contributed by atoms with Crippen LogP contribution in [0.25, 0.3) is 0 Å². The molecule has 2 saturated heterocycles. The van der Waals surface area contributed by atoms with Gasteiger partial charge in [-0.3, -0.25) is 9.69 Å². The molecule has 3 fully saturated rings. The van der Waals surface area contributed by atoms with Crippen molar-refractivity contribution in [2.24, 2.45) is 23.5 Å². The van der Waals surface area contributed by atoms with Gasteiger partial charge in [0.05, 0.1) is 6.61 Å². The summed E-state index contributed by atoms with van der Waals surface area (Å²) in [4.78, 5) is 14.4. The topological polar surface area (TPSA) is 67.6 Å². The number of ether oxygens (including phenoxy) is 1. The summed E-state index contributed by atoms with van der Waals surface area (Å²) in [6.45, 7) is 6.28. The minimum absolute atomic E-state index is 0.0173. The predicted octanol–water partition coefficient (Wildman–Crippen LogP) is 2.60. The van der Waals surface area contributed by atoms with Crippen molar-refractivity contribution >= 4 is 5.91 Å². The van der Waals surface area contributed by atoms with Gasteiger partial charge in [0, 0.05) is 42.7 Å². The zero-order chi connectivity index (χ0) is 20.7. The van der Waals surface area contributed by atoms with Gasteiger partial charge >= 0.3 is 0 Å². The molecule has 5 atom stereocenters. The second-order valence-corrected chi connectivity index (χ2v) is 9.28. The number of hydrogen-bond acceptors (Lipinski definition) is 4. The van der Waals surface area contributed by atoms with Gasteiger partial charge in [0.1, 0.15) is 17.7 Å². The summed E-state index contributed by atoms with van der Waals surface area (Å²) in [6, 6.07) is 3.54. The first-order chi connectivity index (χ1) is 13.8. The lowest BCUT2D eigenvalue weighted by Crippen LogP contribution is -2.49. The third-order valence-corrected chi connectivity index (χ3v) is 6.83. The van der Waals surface area contributed by atoms with Crippen LogP contribution in [0.15, 0.2) is 18.2 Å². The Morgan fingerprint density at radius 2 is 1.90 bits per heavy atom. The SMILES string of the molecule is CC(C)C(=O)NC1CC2CN([C@H]3CO[C@H](c4cc(F)ccc4F)[C@@H](N)C3)CC2C1. The number of benzene rings is 1. The molecule has 1 aliphatic carbocycles. The Kier molecular flexibility index (Phi) is 5.91. The monoisotopic (exact) mass is 407 g/mol. The van der Waals surface area contributed by atoms with Crippen LogP contribution in [0.3, 0.4) is 0 Å². The van der Waals surface area contributed by atoms with Crippen molar-refractivity contribution in [3.05, 3.63) is 35.4 Å². The van der Waals surface area contributed by atoms with Crippen LogP contribution in [0.1, 0.15) is 44.8 Å². The van der Waals surface area contributed by atoms with Crippen molar-refractivity contribution in [1.82, 2.24) is 10.2 Å². The van der Waals surface area contributed by atoms with E-state index in [1.54, 1.807) is 0 Å². The summed E-state index contributed by atoms with van der Waals surface area (Å²) in [5.74, 6) is 0.364. The summed E-state index contributed by atoms with van der Waals surface area (Å²) in [5.41, 5.74) is 6.53. The molecule has 2 unspecified atom stereocenters. The fourth-order valence-corrected chi connectivity index (χ4v) is 5.27. The van der Waals surface area contributed by atoms with E-state index in [-0.39, 0.29) is 35.5 Å². The van der Waals surface area contributed by atoms with E-state index in [4.69, 9.17) is 10.5 Å². The minimum atomic E-state index is -0.611. The van der Waals surface area contributed by atoms with Gasteiger partial charge in [0.2, 0.25) is 5.91 Å². The largest absolute Gasteiger partial charge is 0.370 e. The zero-order valence-electron chi connectivity index (χ0n) is 17.1. The highest BCUT2D eigenvalue weighted by atomic mass is 19.1. The molecule has 5 nitrogen and oxygen atoms in total. The molecule has 4 rings (SSSR count). The normalized spacial score (nSPS) is 35.1. The fourth-order valence-electron chi connectivity index (χ4n) is 5.27. The van der Waals surface area contributed by atoms with Gasteiger partial charge in [-0.05, 0) is 49.3 Å². The lowest BCUT2D eigenvalue weighted by Gasteiger charge is -2.39. The lowest BCUT2D eigenvalue weighted by molar-refractivity contribution is -0.124. The van der Waals surface area contributed by atoms with Crippen LogP contribution in [0.5, 0.6) is 0 Å². The fraction of sp³-hybridized carbons (Fsp3) is 0.682. The third kappa shape index (κ3) is 4.32. The van der Waals surface area contributed by atoms with E-state index >= 15 is 0 Å². The smallest absolute Gasteiger partial charge is 0.222 e. The second-order valence-electron chi connectivity index (χ2n) is 9.28. The summed E-state index contributed by atoms with van der Waals surface area (Å²) < 4.78 is 33.6. The van der Waals surface area contributed by atoms with E-state index in [0.717, 1.165) is 38.1 Å². The first kappa shape index (κ1) is 20.7. The maximum atomic E-state index is 14.1. The Hall–Kier alpha value is -1.57. The molecule has 0 radical (unpaired) electrons. The Morgan fingerprint density at radius 3 is 2.52 bits per heavy atom. The lowest BCUT2D eigenvalue weighted by atomic mass is 9.93. The van der Waals surface area contributed by atoms with E-state index in [1.807, 2.05) is 13.8 Å². The van der Waals surface area contributed by atoms with Crippen LogP contribution in [0.2, 0.25) is 0 Å². The van der Waals surface area contributed by atoms with Crippen molar-refractivity contribution in [3.63, 3.8) is 0 Å². The number of nitrogens with one attached hydrogen (secondary N) is 1. The molecule has 7 heteroatoms. The molecule has 2 aliphatic heterocycles. The Bertz CT molecular complexity index is 746. The van der Waals surface area contributed by atoms with Crippen molar-refractivity contribution < 1.29 is 18.3 Å². The number of amides is 1. The first-order valence-electron chi connectivity index (χ1n) is 10.7. The van der Waals surface area contributed by atoms with E-state index in [1.165, 1.54) is 6.07 Å². The average molecular weight is 408 g/mol. The van der Waals surface area contributed by atoms with Gasteiger partial charge in [0.15, 0.2) is 0 Å². The number of likely N-dealkylation sites (tertiary alicyclic amines) is 1. The molecule has 3 N–H and O–H groups in total. The first-order valence-corrected chi connectivity index (χ1v) is 10.7. The van der Waals surface area contributed by atoms with Gasteiger partial charge in [0.25, 0.3) is 0 Å². The van der Waals surface area contributed by atoms with E-state index in [2.05, 4.69) is 10.2 Å². The van der Waals surface area contributed by atoms with Crippen molar-refractivity contribution in [2.75, 3.05) is 19.7 Å². The van der Waals surface area contributed by atoms with Crippen LogP contribution in [-0.2, 0) is 9.53 Å². The maximum absolute atomic E-state index is 14.1. The van der Waals surface area contributed by atoms with Crippen molar-refractivity contribution in [3.8, 4) is 0 Å². The van der Waals surface area contributed by atoms with Gasteiger partial charge in [-0.1, -0.05) is 13.8 Å². The Balaban J connectivity index is 1.31. The van der Waals surface area contributed by atoms with Crippen LogP contribution < -0.4 is 11.1 Å². The zero-order valence-corrected chi connectivity index (χ0v) is 17.1. The molecule has 1 aromatic rings. The molecule has 1 aromatic carbocycles. The Labute approximate surface area is 171 Å². The number of carbonyl (C=O) groups is 1. The van der Waals surface area contributed by atoms with Gasteiger partial charge < -0.3 is 15.8 Å². The van der Waals surface area contributed by atoms with E-state index in [9.17, 15) is 13.6 Å². The molecule has 3 aliphatic rings. The summed E-state index contributed by atoms with van der Waals surface area (Å²) in [5, 5.41) is 3.17. The number of hydrogen-bond donors (Lipinski definition) is 2. The average Bonchev–Trinajstić information content (AvgIpc) is 3.22. The molecular weight excluding hydrogens is 376 g/mol. The maximum Gasteiger partial charge on any atom is 0.222 e. The Morgan fingerprint density at radius 1 is 1.21 bits per heavy atom. The molecular formula is C22H31F2N3O2. The molecule has 0 bridgehead atoms.